The Hall–Kier alpha value is -0.610. The van der Waals surface area contributed by atoms with Crippen molar-refractivity contribution in [1.29, 1.82) is 0 Å². The van der Waals surface area contributed by atoms with Gasteiger partial charge in [0, 0.05) is 19.0 Å². The lowest BCUT2D eigenvalue weighted by Gasteiger charge is -2.26. The van der Waals surface area contributed by atoms with Crippen LogP contribution in [0.4, 0.5) is 0 Å². The van der Waals surface area contributed by atoms with Gasteiger partial charge in [0.1, 0.15) is 0 Å². The molecule has 4 heteroatoms. The molecule has 1 aliphatic rings. The molecule has 0 bridgehead atoms. The smallest absolute Gasteiger partial charge is 0.235 e. The zero-order valence-electron chi connectivity index (χ0n) is 9.83. The van der Waals surface area contributed by atoms with Crippen molar-refractivity contribution in [3.63, 3.8) is 0 Å². The molecule has 0 aliphatic heterocycles. The van der Waals surface area contributed by atoms with Crippen molar-refractivity contribution in [3.8, 4) is 0 Å². The number of amides is 1. The summed E-state index contributed by atoms with van der Waals surface area (Å²) in [6, 6.07) is 0.272. The maximum absolute atomic E-state index is 11.1. The molecule has 1 atom stereocenters. The second kappa shape index (κ2) is 6.08. The first-order valence-corrected chi connectivity index (χ1v) is 5.83. The standard InChI is InChI=1S/C11H23N3O/c1-9(7-11(15)13-12)14(2)8-10-5-3-4-6-10/h9-10H,3-8,12H2,1-2H3,(H,13,15). The quantitative estimate of drug-likeness (QED) is 0.405. The van der Waals surface area contributed by atoms with Gasteiger partial charge in [-0.3, -0.25) is 10.2 Å². The average Bonchev–Trinajstić information content (AvgIpc) is 2.70. The highest BCUT2D eigenvalue weighted by molar-refractivity contribution is 5.75. The molecule has 1 saturated carbocycles. The normalized spacial score (nSPS) is 19.5. The summed E-state index contributed by atoms with van der Waals surface area (Å²) in [7, 11) is 2.09. The van der Waals surface area contributed by atoms with Crippen molar-refractivity contribution in [3.05, 3.63) is 0 Å². The van der Waals surface area contributed by atoms with E-state index in [1.807, 2.05) is 0 Å². The van der Waals surface area contributed by atoms with E-state index in [2.05, 4.69) is 24.3 Å². The van der Waals surface area contributed by atoms with Crippen molar-refractivity contribution in [2.45, 2.75) is 45.1 Å². The molecule has 4 nitrogen and oxygen atoms in total. The first kappa shape index (κ1) is 12.5. The molecule has 1 fully saturated rings. The lowest BCUT2D eigenvalue weighted by Crippen LogP contribution is -2.39. The Morgan fingerprint density at radius 2 is 2.13 bits per heavy atom. The van der Waals surface area contributed by atoms with Gasteiger partial charge in [-0.05, 0) is 32.7 Å². The van der Waals surface area contributed by atoms with Crippen molar-refractivity contribution >= 4 is 5.91 Å². The van der Waals surface area contributed by atoms with Crippen molar-refractivity contribution in [1.82, 2.24) is 10.3 Å². The fourth-order valence-electron chi connectivity index (χ4n) is 2.26. The summed E-state index contributed by atoms with van der Waals surface area (Å²) in [6.45, 7) is 3.18. The molecule has 0 aromatic rings. The summed E-state index contributed by atoms with van der Waals surface area (Å²) in [5.74, 6) is 5.82. The van der Waals surface area contributed by atoms with E-state index in [1.54, 1.807) is 0 Å². The van der Waals surface area contributed by atoms with Crippen LogP contribution in [0.1, 0.15) is 39.0 Å². The van der Waals surface area contributed by atoms with Gasteiger partial charge in [-0.15, -0.1) is 0 Å². The topological polar surface area (TPSA) is 58.4 Å². The molecule has 1 amide bonds. The molecule has 0 aromatic carbocycles. The van der Waals surface area contributed by atoms with Crippen LogP contribution >= 0.6 is 0 Å². The van der Waals surface area contributed by atoms with Crippen LogP contribution in [0.15, 0.2) is 0 Å². The minimum absolute atomic E-state index is 0.0826. The summed E-state index contributed by atoms with van der Waals surface area (Å²) < 4.78 is 0. The minimum Gasteiger partial charge on any atom is -0.303 e. The summed E-state index contributed by atoms with van der Waals surface area (Å²) in [5, 5.41) is 0. The number of nitrogens with two attached hydrogens (primary N) is 1. The van der Waals surface area contributed by atoms with Crippen LogP contribution in [0.2, 0.25) is 0 Å². The average molecular weight is 213 g/mol. The van der Waals surface area contributed by atoms with Gasteiger partial charge >= 0.3 is 0 Å². The number of rotatable bonds is 5. The van der Waals surface area contributed by atoms with E-state index in [9.17, 15) is 4.79 Å². The molecule has 0 aromatic heterocycles. The van der Waals surface area contributed by atoms with Crippen LogP contribution < -0.4 is 11.3 Å². The molecule has 0 radical (unpaired) electrons. The molecule has 0 spiro atoms. The van der Waals surface area contributed by atoms with E-state index in [1.165, 1.54) is 25.7 Å². The Bertz CT molecular complexity index is 202. The number of carbonyl (C=O) groups is 1. The van der Waals surface area contributed by atoms with Gasteiger partial charge in [0.25, 0.3) is 0 Å². The maximum atomic E-state index is 11.1. The highest BCUT2D eigenvalue weighted by Crippen LogP contribution is 2.25. The third-order valence-electron chi connectivity index (χ3n) is 3.42. The summed E-state index contributed by atoms with van der Waals surface area (Å²) in [6.07, 6.45) is 5.92. The molecule has 0 saturated heterocycles. The molecule has 1 rings (SSSR count). The molecular weight excluding hydrogens is 190 g/mol. The van der Waals surface area contributed by atoms with Crippen LogP contribution in [-0.2, 0) is 4.79 Å². The SMILES string of the molecule is CC(CC(=O)NN)N(C)CC1CCCC1. The zero-order chi connectivity index (χ0) is 11.3. The fourth-order valence-corrected chi connectivity index (χ4v) is 2.26. The predicted molar refractivity (Wildman–Crippen MR) is 61.0 cm³/mol. The van der Waals surface area contributed by atoms with Crippen LogP contribution in [0.25, 0.3) is 0 Å². The van der Waals surface area contributed by atoms with Gasteiger partial charge in [0.2, 0.25) is 5.91 Å². The third kappa shape index (κ3) is 4.18. The van der Waals surface area contributed by atoms with Crippen LogP contribution in [0, 0.1) is 5.92 Å². The Labute approximate surface area is 92.2 Å². The molecule has 15 heavy (non-hydrogen) atoms. The predicted octanol–water partition coefficient (Wildman–Crippen LogP) is 0.877. The molecule has 1 unspecified atom stereocenters. The van der Waals surface area contributed by atoms with Crippen molar-refractivity contribution in [2.24, 2.45) is 11.8 Å². The third-order valence-corrected chi connectivity index (χ3v) is 3.42. The Morgan fingerprint density at radius 3 is 2.67 bits per heavy atom. The minimum atomic E-state index is -0.0826. The number of hydrazine groups is 1. The van der Waals surface area contributed by atoms with Crippen LogP contribution in [0.5, 0.6) is 0 Å². The van der Waals surface area contributed by atoms with E-state index < -0.39 is 0 Å². The number of hydrogen-bond acceptors (Lipinski definition) is 3. The number of nitrogens with one attached hydrogen (secondary N) is 1. The highest BCUT2D eigenvalue weighted by Gasteiger charge is 2.20. The van der Waals surface area contributed by atoms with Gasteiger partial charge in [0.15, 0.2) is 0 Å². The van der Waals surface area contributed by atoms with E-state index >= 15 is 0 Å². The highest BCUT2D eigenvalue weighted by atomic mass is 16.2. The molecule has 88 valence electrons. The lowest BCUT2D eigenvalue weighted by atomic mass is 10.1. The summed E-state index contributed by atoms with van der Waals surface area (Å²) in [5.41, 5.74) is 2.18. The van der Waals surface area contributed by atoms with Gasteiger partial charge in [-0.1, -0.05) is 12.8 Å². The van der Waals surface area contributed by atoms with E-state index in [0.717, 1.165) is 12.5 Å². The monoisotopic (exact) mass is 213 g/mol. The van der Waals surface area contributed by atoms with E-state index in [0.29, 0.717) is 6.42 Å². The molecule has 3 N–H and O–H groups in total. The first-order valence-electron chi connectivity index (χ1n) is 5.83. The number of carbonyl (C=O) groups excluding carboxylic acids is 1. The Morgan fingerprint density at radius 1 is 1.53 bits per heavy atom. The van der Waals surface area contributed by atoms with Crippen molar-refractivity contribution in [2.75, 3.05) is 13.6 Å². The van der Waals surface area contributed by atoms with Crippen LogP contribution in [-0.4, -0.2) is 30.4 Å². The summed E-state index contributed by atoms with van der Waals surface area (Å²) in [4.78, 5) is 13.4. The lowest BCUT2D eigenvalue weighted by molar-refractivity contribution is -0.122. The molecular formula is C11H23N3O. The fraction of sp³-hybridized carbons (Fsp3) is 0.909. The van der Waals surface area contributed by atoms with Gasteiger partial charge < -0.3 is 4.90 Å². The first-order chi connectivity index (χ1) is 7.13. The molecule has 1 aliphatic carbocycles. The van der Waals surface area contributed by atoms with Gasteiger partial charge in [-0.2, -0.15) is 0 Å². The van der Waals surface area contributed by atoms with Crippen molar-refractivity contribution < 1.29 is 4.79 Å². The van der Waals surface area contributed by atoms with Gasteiger partial charge in [-0.25, -0.2) is 5.84 Å². The zero-order valence-corrected chi connectivity index (χ0v) is 9.83. The largest absolute Gasteiger partial charge is 0.303 e. The van der Waals surface area contributed by atoms with Gasteiger partial charge in [0.05, 0.1) is 0 Å². The second-order valence-corrected chi connectivity index (χ2v) is 4.71. The maximum Gasteiger partial charge on any atom is 0.235 e. The van der Waals surface area contributed by atoms with Crippen LogP contribution in [0.3, 0.4) is 0 Å². The number of hydrogen-bond donors (Lipinski definition) is 2. The van der Waals surface area contributed by atoms with E-state index in [-0.39, 0.29) is 11.9 Å². The van der Waals surface area contributed by atoms with E-state index in [4.69, 9.17) is 5.84 Å². The summed E-state index contributed by atoms with van der Waals surface area (Å²) >= 11 is 0. The molecule has 0 heterocycles. The number of nitrogens with zero attached hydrogens (tertiary/aromatic N) is 1. The Balaban J connectivity index is 2.25. The Kier molecular flexibility index (Phi) is 5.05. The second-order valence-electron chi connectivity index (χ2n) is 4.71.